The topological polar surface area (TPSA) is 23.5 Å². The van der Waals surface area contributed by atoms with Crippen molar-refractivity contribution in [1.29, 1.82) is 0 Å². The summed E-state index contributed by atoms with van der Waals surface area (Å²) in [5, 5.41) is 11.3. The summed E-state index contributed by atoms with van der Waals surface area (Å²) < 4.78 is 0. The third-order valence-corrected chi connectivity index (χ3v) is 7.05. The largest absolute Gasteiger partial charge is 0.389 e. The summed E-state index contributed by atoms with van der Waals surface area (Å²) >= 11 is 0. The summed E-state index contributed by atoms with van der Waals surface area (Å²) in [6.45, 7) is 3.83. The molecule has 1 saturated heterocycles. The van der Waals surface area contributed by atoms with Crippen LogP contribution in [0.15, 0.2) is 0 Å². The Morgan fingerprint density at radius 1 is 0.850 bits per heavy atom. The van der Waals surface area contributed by atoms with Crippen molar-refractivity contribution in [1.82, 2.24) is 4.90 Å². The maximum atomic E-state index is 11.3. The Morgan fingerprint density at radius 2 is 1.45 bits per heavy atom. The van der Waals surface area contributed by atoms with Crippen LogP contribution in [0.2, 0.25) is 0 Å². The molecule has 2 heteroatoms. The van der Waals surface area contributed by atoms with Gasteiger partial charge in [0, 0.05) is 0 Å². The summed E-state index contributed by atoms with van der Waals surface area (Å²) in [5.41, 5.74) is -0.275. The molecular weight excluding hydrogens is 246 g/mol. The molecule has 4 bridgehead atoms. The van der Waals surface area contributed by atoms with Crippen LogP contribution in [0.1, 0.15) is 64.2 Å². The molecule has 0 aromatic carbocycles. The fourth-order valence-electron chi connectivity index (χ4n) is 6.18. The monoisotopic (exact) mass is 277 g/mol. The van der Waals surface area contributed by atoms with Crippen molar-refractivity contribution in [2.75, 3.05) is 19.6 Å². The molecule has 4 aliphatic carbocycles. The van der Waals surface area contributed by atoms with E-state index in [1.54, 1.807) is 0 Å². The highest BCUT2D eigenvalue weighted by molar-refractivity contribution is 5.06. The lowest BCUT2D eigenvalue weighted by Crippen LogP contribution is -2.57. The van der Waals surface area contributed by atoms with Crippen LogP contribution in [0.25, 0.3) is 0 Å². The second-order valence-corrected chi connectivity index (χ2v) is 8.30. The molecule has 5 aliphatic rings. The van der Waals surface area contributed by atoms with Crippen molar-refractivity contribution in [2.45, 2.75) is 69.8 Å². The van der Waals surface area contributed by atoms with Crippen molar-refractivity contribution in [3.05, 3.63) is 0 Å². The Kier molecular flexibility index (Phi) is 3.58. The number of hydrogen-bond donors (Lipinski definition) is 1. The summed E-state index contributed by atoms with van der Waals surface area (Å²) in [7, 11) is 0. The second-order valence-electron chi connectivity index (χ2n) is 8.30. The standard InChI is InChI=1S/C18H31NO/c20-18(5-4-8-19-6-2-1-3-7-19)16-10-14-9-15(12-16)13-17(18)11-14/h14-17,20H,1-13H2. The van der Waals surface area contributed by atoms with E-state index in [1.807, 2.05) is 0 Å². The van der Waals surface area contributed by atoms with Gasteiger partial charge in [0.05, 0.1) is 5.60 Å². The van der Waals surface area contributed by atoms with Gasteiger partial charge in [-0.05, 0) is 101 Å². The Bertz CT molecular complexity index is 319. The number of aliphatic hydroxyl groups is 1. The van der Waals surface area contributed by atoms with Crippen LogP contribution in [0.4, 0.5) is 0 Å². The van der Waals surface area contributed by atoms with E-state index in [2.05, 4.69) is 4.90 Å². The average Bonchev–Trinajstić information content (AvgIpc) is 2.45. The molecule has 0 aromatic heterocycles. The molecule has 1 aliphatic heterocycles. The fourth-order valence-corrected chi connectivity index (χ4v) is 6.18. The van der Waals surface area contributed by atoms with Crippen molar-refractivity contribution >= 4 is 0 Å². The Labute approximate surface area is 123 Å². The molecule has 0 atom stereocenters. The van der Waals surface area contributed by atoms with Gasteiger partial charge in [0.1, 0.15) is 0 Å². The molecule has 5 fully saturated rings. The third-order valence-electron chi connectivity index (χ3n) is 7.05. The number of rotatable bonds is 4. The maximum absolute atomic E-state index is 11.3. The van der Waals surface area contributed by atoms with Crippen LogP contribution in [0.3, 0.4) is 0 Å². The van der Waals surface area contributed by atoms with Crippen molar-refractivity contribution in [3.63, 3.8) is 0 Å². The van der Waals surface area contributed by atoms with Crippen LogP contribution in [0, 0.1) is 23.7 Å². The smallest absolute Gasteiger partial charge is 0.0704 e. The van der Waals surface area contributed by atoms with E-state index in [0.29, 0.717) is 11.8 Å². The molecule has 0 aromatic rings. The first-order valence-corrected chi connectivity index (χ1v) is 9.19. The van der Waals surface area contributed by atoms with Gasteiger partial charge in [-0.3, -0.25) is 0 Å². The number of hydrogen-bond acceptors (Lipinski definition) is 2. The van der Waals surface area contributed by atoms with Gasteiger partial charge in [-0.1, -0.05) is 6.42 Å². The molecule has 0 spiro atoms. The minimum absolute atomic E-state index is 0.275. The third kappa shape index (κ3) is 2.33. The first-order chi connectivity index (χ1) is 9.74. The minimum atomic E-state index is -0.275. The molecule has 2 nitrogen and oxygen atoms in total. The van der Waals surface area contributed by atoms with Crippen LogP contribution >= 0.6 is 0 Å². The maximum Gasteiger partial charge on any atom is 0.0704 e. The quantitative estimate of drug-likeness (QED) is 0.851. The Morgan fingerprint density at radius 3 is 2.05 bits per heavy atom. The Balaban J connectivity index is 1.33. The highest BCUT2D eigenvalue weighted by Gasteiger charge is 2.55. The van der Waals surface area contributed by atoms with E-state index in [1.165, 1.54) is 77.4 Å². The van der Waals surface area contributed by atoms with E-state index >= 15 is 0 Å². The van der Waals surface area contributed by atoms with Gasteiger partial charge >= 0.3 is 0 Å². The molecule has 20 heavy (non-hydrogen) atoms. The van der Waals surface area contributed by atoms with E-state index in [9.17, 15) is 5.11 Å². The SMILES string of the molecule is OC1(CCCN2CCCCC2)C2CC3CC(C2)CC1C3. The predicted octanol–water partition coefficient (Wildman–Crippen LogP) is 3.44. The van der Waals surface area contributed by atoms with Gasteiger partial charge in [-0.15, -0.1) is 0 Å². The zero-order chi connectivity index (χ0) is 13.6. The molecule has 1 heterocycles. The highest BCUT2D eigenvalue weighted by Crippen LogP contribution is 2.59. The zero-order valence-corrected chi connectivity index (χ0v) is 12.9. The molecule has 0 unspecified atom stereocenters. The summed E-state index contributed by atoms with van der Waals surface area (Å²) in [6, 6.07) is 0. The van der Waals surface area contributed by atoms with Crippen LogP contribution in [-0.2, 0) is 0 Å². The van der Waals surface area contributed by atoms with E-state index in [4.69, 9.17) is 0 Å². The normalized spacial score (nSPS) is 47.9. The second kappa shape index (κ2) is 5.28. The molecule has 114 valence electrons. The molecule has 4 saturated carbocycles. The number of likely N-dealkylation sites (tertiary alicyclic amines) is 1. The average molecular weight is 277 g/mol. The van der Waals surface area contributed by atoms with E-state index in [0.717, 1.165) is 18.3 Å². The van der Waals surface area contributed by atoms with Gasteiger partial charge in [0.2, 0.25) is 0 Å². The predicted molar refractivity (Wildman–Crippen MR) is 81.5 cm³/mol. The van der Waals surface area contributed by atoms with Gasteiger partial charge in [-0.25, -0.2) is 0 Å². The van der Waals surface area contributed by atoms with E-state index in [-0.39, 0.29) is 5.60 Å². The molecule has 1 N–H and O–H groups in total. The van der Waals surface area contributed by atoms with Crippen molar-refractivity contribution < 1.29 is 5.11 Å². The lowest BCUT2D eigenvalue weighted by atomic mass is 9.49. The minimum Gasteiger partial charge on any atom is -0.389 e. The van der Waals surface area contributed by atoms with Crippen LogP contribution in [0.5, 0.6) is 0 Å². The molecule has 5 rings (SSSR count). The van der Waals surface area contributed by atoms with Gasteiger partial charge in [-0.2, -0.15) is 0 Å². The summed E-state index contributed by atoms with van der Waals surface area (Å²) in [6.07, 6.45) is 13.3. The lowest BCUT2D eigenvalue weighted by molar-refractivity contribution is -0.177. The van der Waals surface area contributed by atoms with Gasteiger partial charge in [0.15, 0.2) is 0 Å². The Hall–Kier alpha value is -0.0800. The van der Waals surface area contributed by atoms with Gasteiger partial charge < -0.3 is 10.0 Å². The number of nitrogens with zero attached hydrogens (tertiary/aromatic N) is 1. The number of piperidine rings is 1. The zero-order valence-electron chi connectivity index (χ0n) is 12.9. The molecule has 0 amide bonds. The molecular formula is C18H31NO. The highest BCUT2D eigenvalue weighted by atomic mass is 16.3. The fraction of sp³-hybridized carbons (Fsp3) is 1.00. The summed E-state index contributed by atoms with van der Waals surface area (Å²) in [5.74, 6) is 3.25. The summed E-state index contributed by atoms with van der Waals surface area (Å²) in [4.78, 5) is 2.63. The lowest BCUT2D eigenvalue weighted by Gasteiger charge is -2.59. The van der Waals surface area contributed by atoms with E-state index < -0.39 is 0 Å². The first kappa shape index (κ1) is 13.6. The van der Waals surface area contributed by atoms with Crippen molar-refractivity contribution in [2.24, 2.45) is 23.7 Å². The van der Waals surface area contributed by atoms with Crippen LogP contribution in [-0.4, -0.2) is 35.2 Å². The van der Waals surface area contributed by atoms with Crippen LogP contribution < -0.4 is 0 Å². The van der Waals surface area contributed by atoms with Crippen molar-refractivity contribution in [3.8, 4) is 0 Å². The van der Waals surface area contributed by atoms with Gasteiger partial charge in [0.25, 0.3) is 0 Å². The first-order valence-electron chi connectivity index (χ1n) is 9.19. The molecule has 0 radical (unpaired) electrons.